The number of nitrogens with one attached hydrogen (secondary N) is 2. The molecule has 106 valence electrons. The molecule has 2 aromatic carbocycles. The van der Waals surface area contributed by atoms with E-state index in [2.05, 4.69) is 15.3 Å². The molecule has 5 nitrogen and oxygen atoms in total. The number of rotatable bonds is 2. The lowest BCUT2D eigenvalue weighted by Crippen LogP contribution is -2.09. The average Bonchev–Trinajstić information content (AvgIpc) is 2.49. The van der Waals surface area contributed by atoms with Crippen molar-refractivity contribution in [1.29, 1.82) is 0 Å². The van der Waals surface area contributed by atoms with Gasteiger partial charge in [-0.1, -0.05) is 12.1 Å². The van der Waals surface area contributed by atoms with Crippen molar-refractivity contribution in [3.63, 3.8) is 0 Å². The van der Waals surface area contributed by atoms with E-state index in [1.54, 1.807) is 19.2 Å². The van der Waals surface area contributed by atoms with E-state index in [0.29, 0.717) is 16.8 Å². The largest absolute Gasteiger partial charge is 0.506 e. The molecule has 3 N–H and O–H groups in total. The van der Waals surface area contributed by atoms with E-state index in [4.69, 9.17) is 0 Å². The van der Waals surface area contributed by atoms with Crippen LogP contribution in [0.1, 0.15) is 0 Å². The number of hydrogen-bond acceptors (Lipinski definition) is 4. The van der Waals surface area contributed by atoms with Crippen LogP contribution in [0.3, 0.4) is 0 Å². The first-order chi connectivity index (χ1) is 10.1. The molecule has 0 amide bonds. The second-order valence-electron chi connectivity index (χ2n) is 4.53. The number of aromatic hydroxyl groups is 1. The van der Waals surface area contributed by atoms with Crippen molar-refractivity contribution < 1.29 is 9.50 Å². The van der Waals surface area contributed by atoms with Gasteiger partial charge in [0.25, 0.3) is 5.56 Å². The number of nitrogens with zero attached hydrogens (tertiary/aromatic N) is 1. The van der Waals surface area contributed by atoms with Crippen LogP contribution >= 0.6 is 0 Å². The second kappa shape index (κ2) is 4.90. The normalized spacial score (nSPS) is 10.8. The Morgan fingerprint density at radius 2 is 2.00 bits per heavy atom. The van der Waals surface area contributed by atoms with Crippen LogP contribution in [-0.2, 0) is 0 Å². The van der Waals surface area contributed by atoms with Gasteiger partial charge in [-0.3, -0.25) is 4.79 Å². The van der Waals surface area contributed by atoms with Gasteiger partial charge in [0.2, 0.25) is 0 Å². The maximum atomic E-state index is 13.1. The van der Waals surface area contributed by atoms with Gasteiger partial charge in [-0.05, 0) is 23.8 Å². The maximum Gasteiger partial charge on any atom is 0.260 e. The number of aromatic nitrogens is 2. The van der Waals surface area contributed by atoms with Crippen LogP contribution in [-0.4, -0.2) is 22.1 Å². The van der Waals surface area contributed by atoms with Crippen LogP contribution in [0.4, 0.5) is 10.1 Å². The highest BCUT2D eigenvalue weighted by Gasteiger charge is 2.16. The highest BCUT2D eigenvalue weighted by molar-refractivity contribution is 6.02. The van der Waals surface area contributed by atoms with E-state index in [9.17, 15) is 14.3 Å². The first kappa shape index (κ1) is 13.1. The molecule has 0 aliphatic rings. The van der Waals surface area contributed by atoms with Crippen LogP contribution in [0.15, 0.2) is 41.5 Å². The van der Waals surface area contributed by atoms with Gasteiger partial charge in [-0.25, -0.2) is 9.37 Å². The zero-order valence-corrected chi connectivity index (χ0v) is 11.1. The lowest BCUT2D eigenvalue weighted by molar-refractivity contribution is 0.480. The maximum absolute atomic E-state index is 13.1. The summed E-state index contributed by atoms with van der Waals surface area (Å²) < 4.78 is 13.1. The van der Waals surface area contributed by atoms with Crippen molar-refractivity contribution in [2.24, 2.45) is 0 Å². The van der Waals surface area contributed by atoms with Crippen molar-refractivity contribution in [1.82, 2.24) is 9.97 Å². The van der Waals surface area contributed by atoms with Gasteiger partial charge in [-0.15, -0.1) is 0 Å². The van der Waals surface area contributed by atoms with Crippen molar-refractivity contribution in [2.75, 3.05) is 12.4 Å². The minimum Gasteiger partial charge on any atom is -0.506 e. The summed E-state index contributed by atoms with van der Waals surface area (Å²) in [4.78, 5) is 18.5. The third-order valence-electron chi connectivity index (χ3n) is 3.30. The molecular formula is C15H12FN3O2. The van der Waals surface area contributed by atoms with E-state index >= 15 is 0 Å². The summed E-state index contributed by atoms with van der Waals surface area (Å²) in [5, 5.41) is 13.3. The zero-order chi connectivity index (χ0) is 15.0. The molecule has 6 heteroatoms. The predicted octanol–water partition coefficient (Wildman–Crippen LogP) is 2.48. The summed E-state index contributed by atoms with van der Waals surface area (Å²) in [6.07, 6.45) is 1.24. The number of anilines is 1. The number of halogens is 1. The fraction of sp³-hybridized carbons (Fsp3) is 0.0667. The van der Waals surface area contributed by atoms with Gasteiger partial charge in [0.1, 0.15) is 17.1 Å². The van der Waals surface area contributed by atoms with Crippen molar-refractivity contribution >= 4 is 16.6 Å². The minimum atomic E-state index is -0.358. The van der Waals surface area contributed by atoms with Gasteiger partial charge in [0, 0.05) is 12.6 Å². The molecule has 0 aliphatic heterocycles. The Balaban J connectivity index is 2.41. The zero-order valence-electron chi connectivity index (χ0n) is 11.1. The molecule has 1 heterocycles. The van der Waals surface area contributed by atoms with Crippen molar-refractivity contribution in [2.45, 2.75) is 0 Å². The van der Waals surface area contributed by atoms with E-state index in [0.717, 1.165) is 0 Å². The van der Waals surface area contributed by atoms with Gasteiger partial charge in [0.15, 0.2) is 0 Å². The van der Waals surface area contributed by atoms with Gasteiger partial charge in [-0.2, -0.15) is 0 Å². The molecule has 0 atom stereocenters. The van der Waals surface area contributed by atoms with Gasteiger partial charge in [0.05, 0.1) is 17.4 Å². The summed E-state index contributed by atoms with van der Waals surface area (Å²) in [6.45, 7) is 0. The number of hydrogen-bond donors (Lipinski definition) is 3. The molecule has 0 bridgehead atoms. The SMILES string of the molecule is CNc1c(-c2ccc(F)cc2)cc(O)c2nc[nH]c(=O)c12. The fourth-order valence-corrected chi connectivity index (χ4v) is 2.35. The summed E-state index contributed by atoms with van der Waals surface area (Å²) in [6, 6.07) is 7.32. The monoisotopic (exact) mass is 285 g/mol. The number of fused-ring (bicyclic) bond motifs is 1. The molecule has 1 aromatic heterocycles. The van der Waals surface area contributed by atoms with Gasteiger partial charge >= 0.3 is 0 Å². The number of phenols is 1. The number of H-pyrrole nitrogens is 1. The second-order valence-corrected chi connectivity index (χ2v) is 4.53. The highest BCUT2D eigenvalue weighted by Crippen LogP contribution is 2.37. The Labute approximate surface area is 119 Å². The molecule has 0 radical (unpaired) electrons. The standard InChI is InChI=1S/C15H12FN3O2/c1-17-13-10(8-2-4-9(16)5-3-8)6-11(20)14-12(13)15(21)19-7-18-14/h2-7,17,20H,1H3,(H,18,19,21). The van der Waals surface area contributed by atoms with Crippen LogP contribution in [0.5, 0.6) is 5.75 Å². The van der Waals surface area contributed by atoms with Crippen LogP contribution in [0.2, 0.25) is 0 Å². The smallest absolute Gasteiger partial charge is 0.260 e. The van der Waals surface area contributed by atoms with Crippen LogP contribution in [0, 0.1) is 5.82 Å². The fourth-order valence-electron chi connectivity index (χ4n) is 2.35. The lowest BCUT2D eigenvalue weighted by Gasteiger charge is -2.13. The van der Waals surface area contributed by atoms with Crippen LogP contribution in [0.25, 0.3) is 22.0 Å². The first-order valence-electron chi connectivity index (χ1n) is 6.29. The first-order valence-corrected chi connectivity index (χ1v) is 6.29. The molecule has 0 aliphatic carbocycles. The van der Waals surface area contributed by atoms with E-state index in [1.807, 2.05) is 0 Å². The Morgan fingerprint density at radius 1 is 1.29 bits per heavy atom. The molecule has 0 spiro atoms. The Morgan fingerprint density at radius 3 is 2.67 bits per heavy atom. The molecule has 3 aromatic rings. The van der Waals surface area contributed by atoms with E-state index in [-0.39, 0.29) is 28.0 Å². The van der Waals surface area contributed by atoms with Crippen molar-refractivity contribution in [3.8, 4) is 16.9 Å². The summed E-state index contributed by atoms with van der Waals surface area (Å²) in [5.41, 5.74) is 1.67. The molecular weight excluding hydrogens is 273 g/mol. The third kappa shape index (κ3) is 2.10. The molecule has 0 saturated heterocycles. The van der Waals surface area contributed by atoms with E-state index in [1.165, 1.54) is 24.5 Å². The molecule has 21 heavy (non-hydrogen) atoms. The number of aromatic amines is 1. The topological polar surface area (TPSA) is 78.0 Å². The Kier molecular flexibility index (Phi) is 3.06. The average molecular weight is 285 g/mol. The van der Waals surface area contributed by atoms with Gasteiger partial charge < -0.3 is 15.4 Å². The Hall–Kier alpha value is -2.89. The van der Waals surface area contributed by atoms with E-state index < -0.39 is 0 Å². The predicted molar refractivity (Wildman–Crippen MR) is 79.0 cm³/mol. The number of phenolic OH excluding ortho intramolecular Hbond substituents is 1. The Bertz CT molecular complexity index is 872. The third-order valence-corrected chi connectivity index (χ3v) is 3.30. The summed E-state index contributed by atoms with van der Waals surface area (Å²) >= 11 is 0. The highest BCUT2D eigenvalue weighted by atomic mass is 19.1. The van der Waals surface area contributed by atoms with Crippen LogP contribution < -0.4 is 10.9 Å². The molecule has 0 unspecified atom stereocenters. The van der Waals surface area contributed by atoms with Crippen molar-refractivity contribution in [3.05, 3.63) is 52.8 Å². The molecule has 3 rings (SSSR count). The summed E-state index contributed by atoms with van der Waals surface area (Å²) in [7, 11) is 1.67. The lowest BCUT2D eigenvalue weighted by atomic mass is 10.00. The quantitative estimate of drug-likeness (QED) is 0.632. The molecule has 0 fully saturated rings. The molecule has 0 saturated carbocycles. The summed E-state index contributed by atoms with van der Waals surface area (Å²) in [5.74, 6) is -0.455. The minimum absolute atomic E-state index is 0.102. The number of benzene rings is 2.